The van der Waals surface area contributed by atoms with E-state index in [1.54, 1.807) is 19.2 Å². The molecule has 1 aromatic heterocycles. The summed E-state index contributed by atoms with van der Waals surface area (Å²) in [6.07, 6.45) is 1.68. The van der Waals surface area contributed by atoms with Gasteiger partial charge in [0, 0.05) is 28.8 Å². The number of nitrogens with one attached hydrogen (secondary N) is 2. The van der Waals surface area contributed by atoms with E-state index in [1.807, 2.05) is 50.2 Å². The first-order valence-electron chi connectivity index (χ1n) is 8.28. The molecule has 0 fully saturated rings. The lowest BCUT2D eigenvalue weighted by Gasteiger charge is -2.15. The first kappa shape index (κ1) is 17.4. The van der Waals surface area contributed by atoms with Gasteiger partial charge >= 0.3 is 0 Å². The van der Waals surface area contributed by atoms with Gasteiger partial charge in [0.1, 0.15) is 5.82 Å². The summed E-state index contributed by atoms with van der Waals surface area (Å²) in [5.74, 6) is 1.15. The maximum atomic E-state index is 11.8. The summed E-state index contributed by atoms with van der Waals surface area (Å²) in [5.41, 5.74) is 10.8. The molecule has 0 atom stereocenters. The third kappa shape index (κ3) is 3.80. The van der Waals surface area contributed by atoms with Crippen LogP contribution in [0.4, 0.5) is 28.8 Å². The lowest BCUT2D eigenvalue weighted by molar-refractivity contribution is 0.101. The number of hydrogen-bond donors (Lipinski definition) is 3. The van der Waals surface area contributed by atoms with Gasteiger partial charge in [0.2, 0.25) is 5.95 Å². The van der Waals surface area contributed by atoms with Gasteiger partial charge in [0.05, 0.1) is 0 Å². The number of benzene rings is 2. The van der Waals surface area contributed by atoms with Gasteiger partial charge in [-0.15, -0.1) is 0 Å². The minimum Gasteiger partial charge on any atom is -0.399 e. The highest BCUT2D eigenvalue weighted by atomic mass is 16.1. The number of ketones is 1. The standard InChI is InChI=1S/C20H21N5O/c1-12-4-9-17(14(3)26)13(2)19(12)24-18-10-11-22-20(25-18)23-16-7-5-15(21)6-8-16/h4-11H,21H2,1-3H3,(H2,22,23,24,25). The summed E-state index contributed by atoms with van der Waals surface area (Å²) in [5, 5.41) is 6.45. The van der Waals surface area contributed by atoms with Crippen molar-refractivity contribution in [2.24, 2.45) is 0 Å². The van der Waals surface area contributed by atoms with Crippen LogP contribution in [0.25, 0.3) is 0 Å². The van der Waals surface area contributed by atoms with E-state index >= 15 is 0 Å². The van der Waals surface area contributed by atoms with E-state index in [-0.39, 0.29) is 5.78 Å². The Hall–Kier alpha value is -3.41. The molecule has 0 radical (unpaired) electrons. The molecule has 0 aliphatic carbocycles. The summed E-state index contributed by atoms with van der Waals surface area (Å²) in [6.45, 7) is 5.50. The van der Waals surface area contributed by atoms with Gasteiger partial charge in [0.15, 0.2) is 5.78 Å². The molecule has 1 heterocycles. The van der Waals surface area contributed by atoms with E-state index in [9.17, 15) is 4.79 Å². The van der Waals surface area contributed by atoms with Gasteiger partial charge in [0.25, 0.3) is 0 Å². The van der Waals surface area contributed by atoms with Crippen molar-refractivity contribution in [3.63, 3.8) is 0 Å². The molecule has 0 aliphatic heterocycles. The molecule has 6 nitrogen and oxygen atoms in total. The topological polar surface area (TPSA) is 92.9 Å². The molecule has 26 heavy (non-hydrogen) atoms. The largest absolute Gasteiger partial charge is 0.399 e. The Balaban J connectivity index is 1.86. The fourth-order valence-electron chi connectivity index (χ4n) is 2.73. The molecule has 0 aliphatic rings. The lowest BCUT2D eigenvalue weighted by atomic mass is 10.00. The fourth-order valence-corrected chi connectivity index (χ4v) is 2.73. The SMILES string of the molecule is CC(=O)c1ccc(C)c(Nc2ccnc(Nc3ccc(N)cc3)n2)c1C. The number of aromatic nitrogens is 2. The predicted octanol–water partition coefficient (Wildman–Crippen LogP) is 4.37. The first-order valence-corrected chi connectivity index (χ1v) is 8.28. The third-order valence-electron chi connectivity index (χ3n) is 4.13. The zero-order chi connectivity index (χ0) is 18.7. The zero-order valence-electron chi connectivity index (χ0n) is 15.0. The van der Waals surface area contributed by atoms with Crippen molar-refractivity contribution in [3.8, 4) is 0 Å². The molecule has 0 bridgehead atoms. The molecule has 0 unspecified atom stereocenters. The summed E-state index contributed by atoms with van der Waals surface area (Å²) in [4.78, 5) is 20.5. The second kappa shape index (κ2) is 7.23. The van der Waals surface area contributed by atoms with Crippen LogP contribution >= 0.6 is 0 Å². The van der Waals surface area contributed by atoms with E-state index in [0.717, 1.165) is 22.5 Å². The molecule has 132 valence electrons. The zero-order valence-corrected chi connectivity index (χ0v) is 15.0. The minimum absolute atomic E-state index is 0.0407. The average molecular weight is 347 g/mol. The van der Waals surface area contributed by atoms with Crippen molar-refractivity contribution in [1.82, 2.24) is 9.97 Å². The van der Waals surface area contributed by atoms with Crippen LogP contribution in [0.15, 0.2) is 48.7 Å². The number of nitrogen functional groups attached to an aromatic ring is 1. The number of carbonyl (C=O) groups is 1. The van der Waals surface area contributed by atoms with Gasteiger partial charge in [-0.2, -0.15) is 4.98 Å². The number of anilines is 5. The van der Waals surface area contributed by atoms with E-state index in [2.05, 4.69) is 20.6 Å². The lowest BCUT2D eigenvalue weighted by Crippen LogP contribution is -2.05. The molecule has 0 saturated heterocycles. The van der Waals surface area contributed by atoms with Crippen LogP contribution in [0.3, 0.4) is 0 Å². The van der Waals surface area contributed by atoms with Crippen LogP contribution in [0.2, 0.25) is 0 Å². The second-order valence-electron chi connectivity index (χ2n) is 6.12. The van der Waals surface area contributed by atoms with E-state index in [1.165, 1.54) is 0 Å². The van der Waals surface area contributed by atoms with Gasteiger partial charge in [-0.05, 0) is 62.2 Å². The van der Waals surface area contributed by atoms with E-state index in [0.29, 0.717) is 23.0 Å². The van der Waals surface area contributed by atoms with E-state index < -0.39 is 0 Å². The number of aryl methyl sites for hydroxylation is 1. The van der Waals surface area contributed by atoms with Crippen molar-refractivity contribution in [3.05, 3.63) is 65.4 Å². The predicted molar refractivity (Wildman–Crippen MR) is 105 cm³/mol. The van der Waals surface area contributed by atoms with Crippen molar-refractivity contribution < 1.29 is 4.79 Å². The van der Waals surface area contributed by atoms with Crippen LogP contribution in [-0.2, 0) is 0 Å². The van der Waals surface area contributed by atoms with Crippen molar-refractivity contribution in [2.75, 3.05) is 16.4 Å². The normalized spacial score (nSPS) is 10.4. The molecule has 6 heteroatoms. The second-order valence-corrected chi connectivity index (χ2v) is 6.12. The van der Waals surface area contributed by atoms with Gasteiger partial charge < -0.3 is 16.4 Å². The molecular weight excluding hydrogens is 326 g/mol. The maximum absolute atomic E-state index is 11.8. The van der Waals surface area contributed by atoms with Crippen LogP contribution in [0.5, 0.6) is 0 Å². The van der Waals surface area contributed by atoms with Crippen molar-refractivity contribution >= 4 is 34.6 Å². The van der Waals surface area contributed by atoms with Crippen LogP contribution < -0.4 is 16.4 Å². The highest BCUT2D eigenvalue weighted by Gasteiger charge is 2.11. The average Bonchev–Trinajstić information content (AvgIpc) is 2.60. The number of carbonyl (C=O) groups excluding carboxylic acids is 1. The molecule has 3 rings (SSSR count). The van der Waals surface area contributed by atoms with Crippen LogP contribution in [0.1, 0.15) is 28.4 Å². The number of rotatable bonds is 5. The van der Waals surface area contributed by atoms with Gasteiger partial charge in [-0.25, -0.2) is 4.98 Å². The Morgan fingerprint density at radius 3 is 2.42 bits per heavy atom. The van der Waals surface area contributed by atoms with Crippen molar-refractivity contribution in [2.45, 2.75) is 20.8 Å². The molecule has 2 aromatic carbocycles. The molecule has 0 saturated carbocycles. The number of Topliss-reactive ketones (excluding diaryl/α,β-unsaturated/α-hetero) is 1. The molecule has 0 amide bonds. The smallest absolute Gasteiger partial charge is 0.229 e. The van der Waals surface area contributed by atoms with Gasteiger partial charge in [-0.1, -0.05) is 12.1 Å². The fraction of sp³-hybridized carbons (Fsp3) is 0.150. The van der Waals surface area contributed by atoms with E-state index in [4.69, 9.17) is 5.73 Å². The summed E-state index contributed by atoms with van der Waals surface area (Å²) in [6, 6.07) is 12.9. The Morgan fingerprint density at radius 1 is 1.00 bits per heavy atom. The van der Waals surface area contributed by atoms with Crippen LogP contribution in [0, 0.1) is 13.8 Å². The maximum Gasteiger partial charge on any atom is 0.229 e. The monoisotopic (exact) mass is 347 g/mol. The first-order chi connectivity index (χ1) is 12.4. The van der Waals surface area contributed by atoms with Crippen molar-refractivity contribution in [1.29, 1.82) is 0 Å². The molecule has 0 spiro atoms. The quantitative estimate of drug-likeness (QED) is 0.469. The number of nitrogens with zero attached hydrogens (tertiary/aromatic N) is 2. The Bertz CT molecular complexity index is 951. The number of hydrogen-bond acceptors (Lipinski definition) is 6. The highest BCUT2D eigenvalue weighted by Crippen LogP contribution is 2.27. The molecular formula is C20H21N5O. The Labute approximate surface area is 152 Å². The molecule has 3 aromatic rings. The van der Waals surface area contributed by atoms with Crippen LogP contribution in [-0.4, -0.2) is 15.8 Å². The number of nitrogens with two attached hydrogens (primary N) is 1. The summed E-state index contributed by atoms with van der Waals surface area (Å²) >= 11 is 0. The molecule has 4 N–H and O–H groups in total. The third-order valence-corrected chi connectivity index (χ3v) is 4.13. The summed E-state index contributed by atoms with van der Waals surface area (Å²) in [7, 11) is 0. The Kier molecular flexibility index (Phi) is 4.84. The van der Waals surface area contributed by atoms with Gasteiger partial charge in [-0.3, -0.25) is 4.79 Å². The summed E-state index contributed by atoms with van der Waals surface area (Å²) < 4.78 is 0. The minimum atomic E-state index is 0.0407. The Morgan fingerprint density at radius 2 is 1.73 bits per heavy atom. The highest BCUT2D eigenvalue weighted by molar-refractivity contribution is 5.97.